The van der Waals surface area contributed by atoms with Crippen LogP contribution in [0, 0.1) is 0 Å². The van der Waals surface area contributed by atoms with E-state index in [0.717, 1.165) is 39.6 Å². The third-order valence-electron chi connectivity index (χ3n) is 7.24. The second-order valence-electron chi connectivity index (χ2n) is 9.29. The maximum absolute atomic E-state index is 5.16. The lowest BCUT2D eigenvalue weighted by Gasteiger charge is -2.11. The van der Waals surface area contributed by atoms with Crippen LogP contribution in [0.2, 0.25) is 0 Å². The number of aromatic nitrogens is 4. The van der Waals surface area contributed by atoms with E-state index in [1.165, 1.54) is 33.0 Å². The average molecular weight is 473 g/mol. The van der Waals surface area contributed by atoms with Gasteiger partial charge in [-0.15, -0.1) is 0 Å². The van der Waals surface area contributed by atoms with Crippen molar-refractivity contribution in [1.82, 2.24) is 19.5 Å². The molecule has 0 bridgehead atoms. The molecule has 0 unspecified atom stereocenters. The summed E-state index contributed by atoms with van der Waals surface area (Å²) < 4.78 is 2.09. The number of imidazole rings is 1. The van der Waals surface area contributed by atoms with Gasteiger partial charge in [-0.3, -0.25) is 4.57 Å². The Kier molecular flexibility index (Phi) is 4.19. The van der Waals surface area contributed by atoms with Crippen molar-refractivity contribution in [2.75, 3.05) is 0 Å². The van der Waals surface area contributed by atoms with E-state index in [9.17, 15) is 0 Å². The number of para-hydroxylation sites is 2. The first-order valence-electron chi connectivity index (χ1n) is 12.4. The molecular formula is C33H20N4. The first kappa shape index (κ1) is 20.1. The molecule has 0 saturated heterocycles. The van der Waals surface area contributed by atoms with Gasteiger partial charge in [0, 0.05) is 11.8 Å². The standard InChI is InChI=1S/C33H20N4/c1-2-10-22-21(9-1)24-11-7-12-25-23(18-19-26(22)32(24)25)27-14-8-15-29(35-27)33-36-28-13-3-4-16-30(28)37(33)31-17-5-6-20-34-31/h1-20H. The fourth-order valence-electron chi connectivity index (χ4n) is 5.66. The Morgan fingerprint density at radius 1 is 0.486 bits per heavy atom. The number of fused-ring (bicyclic) bond motifs is 4. The van der Waals surface area contributed by atoms with Gasteiger partial charge in [0.25, 0.3) is 0 Å². The topological polar surface area (TPSA) is 43.6 Å². The zero-order valence-corrected chi connectivity index (χ0v) is 19.8. The van der Waals surface area contributed by atoms with E-state index in [0.29, 0.717) is 0 Å². The van der Waals surface area contributed by atoms with E-state index in [1.807, 2.05) is 48.7 Å². The molecule has 37 heavy (non-hydrogen) atoms. The highest BCUT2D eigenvalue weighted by atomic mass is 15.1. The highest BCUT2D eigenvalue weighted by molar-refractivity contribution is 6.18. The number of nitrogens with zero attached hydrogens (tertiary/aromatic N) is 4. The molecule has 4 aromatic carbocycles. The van der Waals surface area contributed by atoms with Gasteiger partial charge in [0.1, 0.15) is 11.5 Å². The van der Waals surface area contributed by atoms with Crippen LogP contribution in [-0.4, -0.2) is 19.5 Å². The minimum atomic E-state index is 0.778. The number of rotatable bonds is 3. The Labute approximate surface area is 213 Å². The molecule has 1 aliphatic rings. The summed E-state index contributed by atoms with van der Waals surface area (Å²) in [5.41, 5.74) is 9.96. The Hall–Kier alpha value is -5.09. The first-order chi connectivity index (χ1) is 18.4. The van der Waals surface area contributed by atoms with Gasteiger partial charge >= 0.3 is 0 Å². The fraction of sp³-hybridized carbons (Fsp3) is 0. The fourth-order valence-corrected chi connectivity index (χ4v) is 5.66. The van der Waals surface area contributed by atoms with E-state index in [1.54, 1.807) is 0 Å². The van der Waals surface area contributed by atoms with Crippen LogP contribution in [0.25, 0.3) is 72.7 Å². The van der Waals surface area contributed by atoms with Gasteiger partial charge in [-0.1, -0.05) is 78.9 Å². The average Bonchev–Trinajstić information content (AvgIpc) is 3.52. The summed E-state index contributed by atoms with van der Waals surface area (Å²) in [6.45, 7) is 0. The highest BCUT2D eigenvalue weighted by Crippen LogP contribution is 2.49. The van der Waals surface area contributed by atoms with Crippen molar-refractivity contribution in [3.8, 4) is 50.8 Å². The van der Waals surface area contributed by atoms with Gasteiger partial charge < -0.3 is 0 Å². The van der Waals surface area contributed by atoms with E-state index >= 15 is 0 Å². The summed E-state index contributed by atoms with van der Waals surface area (Å²) in [5, 5.41) is 2.52. The third kappa shape index (κ3) is 2.93. The molecule has 172 valence electrons. The van der Waals surface area contributed by atoms with Crippen LogP contribution in [0.5, 0.6) is 0 Å². The summed E-state index contributed by atoms with van der Waals surface area (Å²) >= 11 is 0. The quantitative estimate of drug-likeness (QED) is 0.262. The minimum Gasteiger partial charge on any atom is -0.275 e. The molecule has 0 fully saturated rings. The molecule has 0 amide bonds. The van der Waals surface area contributed by atoms with Gasteiger partial charge in [0.05, 0.1) is 16.7 Å². The summed E-state index contributed by atoms with van der Waals surface area (Å²) in [6.07, 6.45) is 1.81. The number of hydrogen-bond acceptors (Lipinski definition) is 3. The zero-order chi connectivity index (χ0) is 24.3. The van der Waals surface area contributed by atoms with Crippen molar-refractivity contribution in [3.05, 3.63) is 121 Å². The predicted octanol–water partition coefficient (Wildman–Crippen LogP) is 7.95. The highest BCUT2D eigenvalue weighted by Gasteiger charge is 2.23. The minimum absolute atomic E-state index is 0.778. The smallest absolute Gasteiger partial charge is 0.165 e. The molecule has 7 aromatic rings. The van der Waals surface area contributed by atoms with E-state index in [-0.39, 0.29) is 0 Å². The van der Waals surface area contributed by atoms with Crippen molar-refractivity contribution < 1.29 is 0 Å². The van der Waals surface area contributed by atoms with Crippen LogP contribution in [-0.2, 0) is 0 Å². The SMILES string of the molecule is c1ccc(-n2c(-c3cccc(-c4ccc5c6c(cccc46)-c4ccccc4-5)n3)nc3ccccc32)nc1. The van der Waals surface area contributed by atoms with Crippen LogP contribution in [0.4, 0.5) is 0 Å². The van der Waals surface area contributed by atoms with Gasteiger partial charge in [0.2, 0.25) is 0 Å². The van der Waals surface area contributed by atoms with Crippen LogP contribution in [0.3, 0.4) is 0 Å². The van der Waals surface area contributed by atoms with Crippen molar-refractivity contribution in [2.45, 2.75) is 0 Å². The molecule has 0 N–H and O–H groups in total. The van der Waals surface area contributed by atoms with Crippen molar-refractivity contribution in [3.63, 3.8) is 0 Å². The molecule has 4 heteroatoms. The normalized spacial score (nSPS) is 11.8. The number of hydrogen-bond donors (Lipinski definition) is 0. The predicted molar refractivity (Wildman–Crippen MR) is 149 cm³/mol. The molecule has 4 nitrogen and oxygen atoms in total. The maximum atomic E-state index is 5.16. The summed E-state index contributed by atoms with van der Waals surface area (Å²) in [5.74, 6) is 1.60. The Morgan fingerprint density at radius 3 is 2.05 bits per heavy atom. The molecule has 0 saturated carbocycles. The second-order valence-corrected chi connectivity index (χ2v) is 9.29. The molecule has 3 aromatic heterocycles. The van der Waals surface area contributed by atoms with Gasteiger partial charge in [-0.2, -0.15) is 0 Å². The van der Waals surface area contributed by atoms with Gasteiger partial charge in [-0.25, -0.2) is 15.0 Å². The van der Waals surface area contributed by atoms with E-state index in [2.05, 4.69) is 82.3 Å². The molecular weight excluding hydrogens is 452 g/mol. The molecule has 0 aliphatic heterocycles. The molecule has 1 aliphatic carbocycles. The van der Waals surface area contributed by atoms with Crippen LogP contribution in [0.1, 0.15) is 0 Å². The lowest BCUT2D eigenvalue weighted by atomic mass is 9.96. The summed E-state index contributed by atoms with van der Waals surface area (Å²) in [4.78, 5) is 14.8. The van der Waals surface area contributed by atoms with Crippen molar-refractivity contribution in [2.24, 2.45) is 0 Å². The molecule has 3 heterocycles. The maximum Gasteiger partial charge on any atom is 0.165 e. The number of benzene rings is 4. The van der Waals surface area contributed by atoms with Crippen LogP contribution in [0.15, 0.2) is 121 Å². The third-order valence-corrected chi connectivity index (χ3v) is 7.24. The largest absolute Gasteiger partial charge is 0.275 e. The monoisotopic (exact) mass is 472 g/mol. The van der Waals surface area contributed by atoms with Crippen LogP contribution >= 0.6 is 0 Å². The Bertz CT molecular complexity index is 1960. The number of pyridine rings is 2. The molecule has 0 radical (unpaired) electrons. The van der Waals surface area contributed by atoms with E-state index < -0.39 is 0 Å². The van der Waals surface area contributed by atoms with Crippen LogP contribution < -0.4 is 0 Å². The second kappa shape index (κ2) is 7.70. The Morgan fingerprint density at radius 2 is 1.19 bits per heavy atom. The van der Waals surface area contributed by atoms with Gasteiger partial charge in [-0.05, 0) is 69.4 Å². The van der Waals surface area contributed by atoms with Crippen molar-refractivity contribution >= 4 is 21.8 Å². The first-order valence-corrected chi connectivity index (χ1v) is 12.4. The van der Waals surface area contributed by atoms with E-state index in [4.69, 9.17) is 9.97 Å². The molecule has 0 spiro atoms. The lowest BCUT2D eigenvalue weighted by Crippen LogP contribution is -2.01. The zero-order valence-electron chi connectivity index (χ0n) is 19.8. The molecule has 0 atom stereocenters. The van der Waals surface area contributed by atoms with Gasteiger partial charge in [0.15, 0.2) is 5.82 Å². The summed E-state index contributed by atoms with van der Waals surface area (Å²) in [7, 11) is 0. The lowest BCUT2D eigenvalue weighted by molar-refractivity contribution is 1.02. The summed E-state index contributed by atoms with van der Waals surface area (Å²) in [6, 6.07) is 39.9. The Balaban J connectivity index is 1.34. The van der Waals surface area contributed by atoms with Crippen molar-refractivity contribution in [1.29, 1.82) is 0 Å². The molecule has 8 rings (SSSR count).